The van der Waals surface area contributed by atoms with Gasteiger partial charge in [0.05, 0.1) is 0 Å². The molecule has 5 radical (unpaired) electrons. The van der Waals surface area contributed by atoms with E-state index in [1.165, 1.54) is 0 Å². The van der Waals surface area contributed by atoms with E-state index >= 15 is 0 Å². The van der Waals surface area contributed by atoms with Crippen LogP contribution < -0.4 is 19.2 Å². The van der Waals surface area contributed by atoms with E-state index in [0.29, 0.717) is 0 Å². The topological polar surface area (TPSA) is 92.2 Å². The summed E-state index contributed by atoms with van der Waals surface area (Å²) in [6.07, 6.45) is 0. The zero-order chi connectivity index (χ0) is 4.50. The van der Waals surface area contributed by atoms with Crippen molar-refractivity contribution in [3.05, 3.63) is 0 Å². The summed E-state index contributed by atoms with van der Waals surface area (Å²) in [6, 6.07) is 0. The Morgan fingerprint density at radius 1 is 0.857 bits per heavy atom. The van der Waals surface area contributed by atoms with Crippen molar-refractivity contribution in [1.82, 2.24) is 0 Å². The Balaban J connectivity index is -0.0000000800. The molecule has 7 heteroatoms. The van der Waals surface area contributed by atoms with Gasteiger partial charge in [-0.1, -0.05) is 0 Å². The summed E-state index contributed by atoms with van der Waals surface area (Å²) >= 11 is 0. The van der Waals surface area contributed by atoms with Crippen molar-refractivity contribution in [2.24, 2.45) is 0 Å². The molecule has 4 nitrogen and oxygen atoms in total. The molecule has 0 saturated carbocycles. The molecule has 0 aliphatic heterocycles. The van der Waals surface area contributed by atoms with Crippen LogP contribution in [0, 0.1) is 46.9 Å². The summed E-state index contributed by atoms with van der Waals surface area (Å²) < 4.78 is 0. The van der Waals surface area contributed by atoms with Gasteiger partial charge in [0.25, 0.3) is 0 Å². The molecule has 0 spiro atoms. The van der Waals surface area contributed by atoms with Gasteiger partial charge >= 0.3 is 46.9 Å². The average molecular weight is 338 g/mol. The van der Waals surface area contributed by atoms with E-state index in [1.54, 1.807) is 0 Å². The van der Waals surface area contributed by atoms with Crippen molar-refractivity contribution in [1.29, 1.82) is 0 Å². The Hall–Kier alpha value is 2.12. The van der Waals surface area contributed by atoms with Gasteiger partial charge < -0.3 is 28.2 Å². The molecule has 0 fully saturated rings. The van der Waals surface area contributed by atoms with Gasteiger partial charge in [-0.25, -0.2) is 0 Å². The Kier molecular flexibility index (Phi) is 14.3. The molecule has 0 bridgehead atoms. The van der Waals surface area contributed by atoms with Gasteiger partial charge in [0.1, 0.15) is 0 Å². The normalized spacial score (nSPS) is 8.57. The molecule has 0 aromatic carbocycles. The first kappa shape index (κ1) is 16.1. The van der Waals surface area contributed by atoms with E-state index in [1.807, 2.05) is 0 Å². The van der Waals surface area contributed by atoms with Crippen molar-refractivity contribution >= 4 is 26.6 Å². The number of hydrogen-bond donors (Lipinski definition) is 0. The predicted molar refractivity (Wildman–Crippen MR) is 11.5 cm³/mol. The van der Waals surface area contributed by atoms with Crippen molar-refractivity contribution in [2.45, 2.75) is 0 Å². The number of hydrogen-bond acceptors (Lipinski definition) is 4. The molecule has 0 amide bonds. The second-order valence-electron chi connectivity index (χ2n) is 0.500. The minimum Gasteiger partial charge on any atom is -0.894 e. The average Bonchev–Trinajstić information content (AvgIpc) is 0.722. The van der Waals surface area contributed by atoms with Gasteiger partial charge in [0.2, 0.25) is 0 Å². The summed E-state index contributed by atoms with van der Waals surface area (Å²) in [4.78, 5) is 34.3. The first-order valence-corrected chi connectivity index (χ1v) is 2.45. The van der Waals surface area contributed by atoms with Crippen LogP contribution in [0.5, 0.6) is 0 Å². The Morgan fingerprint density at radius 2 is 0.857 bits per heavy atom. The van der Waals surface area contributed by atoms with Crippen molar-refractivity contribution in [3.8, 4) is 0 Å². The van der Waals surface area contributed by atoms with Crippen LogP contribution in [0.4, 0.5) is 0 Å². The van der Waals surface area contributed by atoms with Gasteiger partial charge in [-0.3, -0.25) is 0 Å². The van der Waals surface area contributed by atoms with Gasteiger partial charge in [0, 0.05) is 17.6 Å². The second kappa shape index (κ2) is 6.24. The van der Waals surface area contributed by atoms with Crippen LogP contribution in [-0.2, 0) is 0 Å². The molecule has 0 aromatic heterocycles. The van der Waals surface area contributed by atoms with Crippen LogP contribution in [0.1, 0.15) is 0 Å². The molecule has 0 aliphatic rings. The standard InChI is InChI=1S/Ge.O4Si.Yb/c;1-5(2,3)4;/q;-4;+3. The molecule has 0 aromatic rings. The van der Waals surface area contributed by atoms with Gasteiger partial charge in [0.15, 0.2) is 0 Å². The summed E-state index contributed by atoms with van der Waals surface area (Å²) in [7, 11) is -5.61. The van der Waals surface area contributed by atoms with Crippen molar-refractivity contribution in [2.75, 3.05) is 0 Å². The molecule has 0 unspecified atom stereocenters. The molecule has 0 N–H and O–H groups in total. The maximum Gasteiger partial charge on any atom is 3.00 e. The van der Waals surface area contributed by atoms with Crippen LogP contribution in [-0.4, -0.2) is 26.6 Å². The smallest absolute Gasteiger partial charge is 0.894 e. The molecular formula is GeO4SiYb-. The SMILES string of the molecule is [Ge].[O-][Si]([O-])([O-])[O-].[Yb+3]. The van der Waals surface area contributed by atoms with Crippen LogP contribution in [0.15, 0.2) is 0 Å². The van der Waals surface area contributed by atoms with Crippen molar-refractivity contribution in [3.63, 3.8) is 0 Å². The maximum atomic E-state index is 8.58. The van der Waals surface area contributed by atoms with E-state index in [0.717, 1.165) is 0 Å². The van der Waals surface area contributed by atoms with E-state index in [4.69, 9.17) is 19.2 Å². The van der Waals surface area contributed by atoms with E-state index < -0.39 is 9.05 Å². The third-order valence-corrected chi connectivity index (χ3v) is 0. The summed E-state index contributed by atoms with van der Waals surface area (Å²) in [6.45, 7) is 0. The minimum absolute atomic E-state index is 0. The molecule has 0 saturated heterocycles. The quantitative estimate of drug-likeness (QED) is 0.412. The van der Waals surface area contributed by atoms with E-state index in [-0.39, 0.29) is 64.5 Å². The fourth-order valence-corrected chi connectivity index (χ4v) is 0. The Bertz CT molecular complexity index is 27.2. The molecular weight excluding hydrogens is 338 g/mol. The van der Waals surface area contributed by atoms with Gasteiger partial charge in [-0.05, 0) is 0 Å². The molecule has 7 heavy (non-hydrogen) atoms. The second-order valence-corrected chi connectivity index (χ2v) is 1.50. The first-order valence-electron chi connectivity index (χ1n) is 0.816. The van der Waals surface area contributed by atoms with Crippen LogP contribution >= 0.6 is 0 Å². The van der Waals surface area contributed by atoms with Crippen LogP contribution in [0.25, 0.3) is 0 Å². The predicted octanol–water partition coefficient (Wildman–Crippen LogP) is -5.52. The van der Waals surface area contributed by atoms with Gasteiger partial charge in [-0.2, -0.15) is 0 Å². The van der Waals surface area contributed by atoms with Crippen molar-refractivity contribution < 1.29 is 66.1 Å². The Labute approximate surface area is 91.3 Å². The Morgan fingerprint density at radius 3 is 0.857 bits per heavy atom. The molecule has 0 rings (SSSR count). The molecule has 47 valence electrons. The van der Waals surface area contributed by atoms with Crippen LogP contribution in [0.2, 0.25) is 0 Å². The fraction of sp³-hybridized carbons (Fsp3) is 0. The summed E-state index contributed by atoms with van der Waals surface area (Å²) in [5, 5.41) is 0. The maximum absolute atomic E-state index is 8.58. The largest absolute Gasteiger partial charge is 3.00 e. The first-order chi connectivity index (χ1) is 2.00. The molecule has 0 atom stereocenters. The third kappa shape index (κ3) is 67.7. The summed E-state index contributed by atoms with van der Waals surface area (Å²) in [5.74, 6) is 0. The minimum atomic E-state index is -5.61. The monoisotopic (exact) mass is 340 g/mol. The van der Waals surface area contributed by atoms with Gasteiger partial charge in [-0.15, -0.1) is 0 Å². The third-order valence-electron chi connectivity index (χ3n) is 0. The molecule has 0 aliphatic carbocycles. The van der Waals surface area contributed by atoms with E-state index in [9.17, 15) is 0 Å². The number of rotatable bonds is 0. The summed E-state index contributed by atoms with van der Waals surface area (Å²) in [5.41, 5.74) is 0. The zero-order valence-electron chi connectivity index (χ0n) is 2.90. The fourth-order valence-electron chi connectivity index (χ4n) is 0. The van der Waals surface area contributed by atoms with Crippen LogP contribution in [0.3, 0.4) is 0 Å². The van der Waals surface area contributed by atoms with E-state index in [2.05, 4.69) is 0 Å². The zero-order valence-corrected chi connectivity index (χ0v) is 7.71. The molecule has 0 heterocycles.